The van der Waals surface area contributed by atoms with Crippen molar-refractivity contribution in [2.75, 3.05) is 18.5 Å². The van der Waals surface area contributed by atoms with Crippen LogP contribution < -0.4 is 10.6 Å². The Labute approximate surface area is 108 Å². The van der Waals surface area contributed by atoms with Crippen molar-refractivity contribution in [1.29, 1.82) is 0 Å². The van der Waals surface area contributed by atoms with Gasteiger partial charge in [-0.3, -0.25) is 0 Å². The fraction of sp³-hybridized carbons (Fsp3) is 0.500. The second-order valence-electron chi connectivity index (χ2n) is 4.49. The number of carbonyl (C=O) groups is 1. The van der Waals surface area contributed by atoms with Crippen LogP contribution in [0.5, 0.6) is 0 Å². The van der Waals surface area contributed by atoms with E-state index >= 15 is 0 Å². The highest BCUT2D eigenvalue weighted by Crippen LogP contribution is 2.09. The van der Waals surface area contributed by atoms with Crippen LogP contribution in [0.15, 0.2) is 24.3 Å². The Kier molecular flexibility index (Phi) is 6.22. The summed E-state index contributed by atoms with van der Waals surface area (Å²) in [5, 5.41) is 14.5. The Morgan fingerprint density at radius 2 is 2.22 bits per heavy atom. The van der Waals surface area contributed by atoms with Crippen molar-refractivity contribution in [3.63, 3.8) is 0 Å². The molecular weight excluding hydrogens is 228 g/mol. The summed E-state index contributed by atoms with van der Waals surface area (Å²) in [6.07, 6.45) is 1.67. The third-order valence-electron chi connectivity index (χ3n) is 2.94. The van der Waals surface area contributed by atoms with Crippen LogP contribution in [0.3, 0.4) is 0 Å². The molecule has 2 amide bonds. The van der Waals surface area contributed by atoms with E-state index < -0.39 is 0 Å². The highest BCUT2D eigenvalue weighted by molar-refractivity contribution is 5.89. The summed E-state index contributed by atoms with van der Waals surface area (Å²) in [5.74, 6) is 0.332. The summed E-state index contributed by atoms with van der Waals surface area (Å²) in [4.78, 5) is 11.7. The molecule has 1 atom stereocenters. The molecular formula is C14H22N2O2. The molecule has 0 aromatic heterocycles. The summed E-state index contributed by atoms with van der Waals surface area (Å²) in [6.45, 7) is 4.80. The molecule has 100 valence electrons. The third kappa shape index (κ3) is 5.19. The van der Waals surface area contributed by atoms with E-state index in [1.165, 1.54) is 0 Å². The first kappa shape index (κ1) is 14.5. The number of aliphatic hydroxyl groups is 1. The average molecular weight is 250 g/mol. The molecule has 0 spiro atoms. The zero-order valence-electron chi connectivity index (χ0n) is 11.1. The van der Waals surface area contributed by atoms with E-state index in [0.29, 0.717) is 12.5 Å². The van der Waals surface area contributed by atoms with Crippen molar-refractivity contribution in [2.45, 2.75) is 26.7 Å². The molecule has 0 aliphatic rings. The zero-order chi connectivity index (χ0) is 13.4. The predicted octanol–water partition coefficient (Wildman–Crippen LogP) is 2.53. The van der Waals surface area contributed by atoms with Crippen molar-refractivity contribution in [2.24, 2.45) is 5.92 Å². The molecule has 0 radical (unpaired) electrons. The highest BCUT2D eigenvalue weighted by atomic mass is 16.3. The number of anilines is 1. The quantitative estimate of drug-likeness (QED) is 0.726. The SMILES string of the molecule is CCC(CCO)CNC(=O)Nc1cccc(C)c1. The smallest absolute Gasteiger partial charge is 0.319 e. The van der Waals surface area contributed by atoms with Gasteiger partial charge < -0.3 is 15.7 Å². The minimum atomic E-state index is -0.197. The summed E-state index contributed by atoms with van der Waals surface area (Å²) >= 11 is 0. The Hall–Kier alpha value is -1.55. The van der Waals surface area contributed by atoms with E-state index in [9.17, 15) is 4.79 Å². The van der Waals surface area contributed by atoms with Gasteiger partial charge in [-0.05, 0) is 37.0 Å². The van der Waals surface area contributed by atoms with Gasteiger partial charge in [0.1, 0.15) is 0 Å². The summed E-state index contributed by atoms with van der Waals surface area (Å²) in [6, 6.07) is 7.47. The number of nitrogens with one attached hydrogen (secondary N) is 2. The van der Waals surface area contributed by atoms with E-state index in [1.54, 1.807) is 0 Å². The van der Waals surface area contributed by atoms with Crippen LogP contribution in [0.2, 0.25) is 0 Å². The Morgan fingerprint density at radius 1 is 1.44 bits per heavy atom. The molecule has 18 heavy (non-hydrogen) atoms. The number of aryl methyl sites for hydroxylation is 1. The molecule has 1 aromatic rings. The molecule has 4 heteroatoms. The average Bonchev–Trinajstić information content (AvgIpc) is 2.34. The first-order chi connectivity index (χ1) is 8.65. The number of amides is 2. The van der Waals surface area contributed by atoms with Crippen molar-refractivity contribution < 1.29 is 9.90 Å². The predicted molar refractivity (Wildman–Crippen MR) is 73.7 cm³/mol. The lowest BCUT2D eigenvalue weighted by atomic mass is 10.0. The highest BCUT2D eigenvalue weighted by Gasteiger charge is 2.08. The van der Waals surface area contributed by atoms with Crippen molar-refractivity contribution in [3.8, 4) is 0 Å². The monoisotopic (exact) mass is 250 g/mol. The van der Waals surface area contributed by atoms with E-state index in [2.05, 4.69) is 17.6 Å². The first-order valence-corrected chi connectivity index (χ1v) is 6.38. The molecule has 0 saturated carbocycles. The van der Waals surface area contributed by atoms with Gasteiger partial charge in [-0.15, -0.1) is 0 Å². The second kappa shape index (κ2) is 7.71. The maximum absolute atomic E-state index is 11.7. The molecule has 3 N–H and O–H groups in total. The molecule has 1 rings (SSSR count). The third-order valence-corrected chi connectivity index (χ3v) is 2.94. The van der Waals surface area contributed by atoms with Crippen LogP contribution in [0.25, 0.3) is 0 Å². The van der Waals surface area contributed by atoms with Gasteiger partial charge in [0.2, 0.25) is 0 Å². The number of hydrogen-bond donors (Lipinski definition) is 3. The van der Waals surface area contributed by atoms with Gasteiger partial charge >= 0.3 is 6.03 Å². The van der Waals surface area contributed by atoms with Crippen LogP contribution in [-0.2, 0) is 0 Å². The topological polar surface area (TPSA) is 61.4 Å². The molecule has 0 aliphatic carbocycles. The maximum atomic E-state index is 11.7. The van der Waals surface area contributed by atoms with Gasteiger partial charge in [-0.2, -0.15) is 0 Å². The molecule has 0 fully saturated rings. The maximum Gasteiger partial charge on any atom is 0.319 e. The normalized spacial score (nSPS) is 11.9. The Morgan fingerprint density at radius 3 is 2.83 bits per heavy atom. The number of rotatable bonds is 6. The molecule has 1 unspecified atom stereocenters. The molecule has 0 bridgehead atoms. The van der Waals surface area contributed by atoms with Gasteiger partial charge in [0.15, 0.2) is 0 Å². The lowest BCUT2D eigenvalue weighted by Crippen LogP contribution is -2.33. The Bertz CT molecular complexity index is 380. The van der Waals surface area contributed by atoms with Crippen LogP contribution in [0.4, 0.5) is 10.5 Å². The van der Waals surface area contributed by atoms with Crippen LogP contribution in [0.1, 0.15) is 25.3 Å². The summed E-state index contributed by atoms with van der Waals surface area (Å²) < 4.78 is 0. The number of benzene rings is 1. The number of aliphatic hydroxyl groups excluding tert-OH is 1. The first-order valence-electron chi connectivity index (χ1n) is 6.38. The Balaban J connectivity index is 2.37. The van der Waals surface area contributed by atoms with E-state index in [-0.39, 0.29) is 12.6 Å². The number of hydrogen-bond acceptors (Lipinski definition) is 2. The summed E-state index contributed by atoms with van der Waals surface area (Å²) in [5.41, 5.74) is 1.90. The van der Waals surface area contributed by atoms with Crippen LogP contribution in [0, 0.1) is 12.8 Å². The second-order valence-corrected chi connectivity index (χ2v) is 4.49. The van der Waals surface area contributed by atoms with E-state index in [1.807, 2.05) is 31.2 Å². The van der Waals surface area contributed by atoms with Gasteiger partial charge in [-0.25, -0.2) is 4.79 Å². The molecule has 0 aliphatic heterocycles. The molecule has 0 saturated heterocycles. The number of carbonyl (C=O) groups excluding carboxylic acids is 1. The van der Waals surface area contributed by atoms with Gasteiger partial charge in [-0.1, -0.05) is 25.5 Å². The van der Waals surface area contributed by atoms with Gasteiger partial charge in [0.25, 0.3) is 0 Å². The minimum Gasteiger partial charge on any atom is -0.396 e. The largest absolute Gasteiger partial charge is 0.396 e. The van der Waals surface area contributed by atoms with Crippen LogP contribution in [-0.4, -0.2) is 24.3 Å². The van der Waals surface area contributed by atoms with Crippen molar-refractivity contribution >= 4 is 11.7 Å². The lowest BCUT2D eigenvalue weighted by molar-refractivity contribution is 0.238. The van der Waals surface area contributed by atoms with Gasteiger partial charge in [0.05, 0.1) is 0 Å². The van der Waals surface area contributed by atoms with Crippen molar-refractivity contribution in [3.05, 3.63) is 29.8 Å². The zero-order valence-corrected chi connectivity index (χ0v) is 11.1. The van der Waals surface area contributed by atoms with Crippen LogP contribution >= 0.6 is 0 Å². The van der Waals surface area contributed by atoms with Gasteiger partial charge in [0, 0.05) is 18.8 Å². The van der Waals surface area contributed by atoms with E-state index in [4.69, 9.17) is 5.11 Å². The minimum absolute atomic E-state index is 0.166. The van der Waals surface area contributed by atoms with E-state index in [0.717, 1.165) is 24.1 Å². The lowest BCUT2D eigenvalue weighted by Gasteiger charge is -2.14. The molecule has 1 aromatic carbocycles. The molecule has 4 nitrogen and oxygen atoms in total. The fourth-order valence-corrected chi connectivity index (χ4v) is 1.77. The molecule has 0 heterocycles. The standard InChI is InChI=1S/C14H22N2O2/c1-3-12(7-8-17)10-15-14(18)16-13-6-4-5-11(2)9-13/h4-6,9,12,17H,3,7-8,10H2,1-2H3,(H2,15,16,18). The van der Waals surface area contributed by atoms with Crippen molar-refractivity contribution in [1.82, 2.24) is 5.32 Å². The number of urea groups is 1. The summed E-state index contributed by atoms with van der Waals surface area (Å²) in [7, 11) is 0. The fourth-order valence-electron chi connectivity index (χ4n) is 1.77.